The van der Waals surface area contributed by atoms with Gasteiger partial charge in [0.25, 0.3) is 5.56 Å². The summed E-state index contributed by atoms with van der Waals surface area (Å²) in [6.07, 6.45) is 13.2. The highest BCUT2D eigenvalue weighted by Gasteiger charge is 2.33. The van der Waals surface area contributed by atoms with Crippen LogP contribution < -0.4 is 15.8 Å². The fourth-order valence-corrected chi connectivity index (χ4v) is 4.40. The minimum atomic E-state index is -0.0726. The van der Waals surface area contributed by atoms with Crippen molar-refractivity contribution in [1.82, 2.24) is 20.2 Å². The molecule has 0 radical (unpaired) electrons. The van der Waals surface area contributed by atoms with Gasteiger partial charge in [0.1, 0.15) is 5.69 Å². The van der Waals surface area contributed by atoms with E-state index in [0.29, 0.717) is 30.7 Å². The lowest BCUT2D eigenvalue weighted by Crippen LogP contribution is -2.51. The average Bonchev–Trinajstić information content (AvgIpc) is 3.65. The summed E-state index contributed by atoms with van der Waals surface area (Å²) in [4.78, 5) is 37.0. The number of aromatic nitrogens is 2. The Balaban J connectivity index is 1.53. The first-order valence-electron chi connectivity index (χ1n) is 12.1. The summed E-state index contributed by atoms with van der Waals surface area (Å²) in [7, 11) is 0. The fraction of sp³-hybridized carbons (Fsp3) is 0.500. The SMILES string of the molecule is CC(C)NC/C=C/C(=O)N1CCCC(N(CC2CC2)c2cc(-c3ccncc3)c[nH]c2=O)C1. The monoisotopic (exact) mass is 449 g/mol. The van der Waals surface area contributed by atoms with Crippen molar-refractivity contribution in [3.8, 4) is 11.1 Å². The van der Waals surface area contributed by atoms with Crippen molar-refractivity contribution in [2.45, 2.75) is 51.6 Å². The maximum absolute atomic E-state index is 12.9. The van der Waals surface area contributed by atoms with E-state index < -0.39 is 0 Å². The molecule has 176 valence electrons. The molecule has 1 saturated carbocycles. The van der Waals surface area contributed by atoms with Crippen molar-refractivity contribution >= 4 is 11.6 Å². The summed E-state index contributed by atoms with van der Waals surface area (Å²) in [6, 6.07) is 6.42. The molecule has 7 heteroatoms. The molecule has 0 aromatic carbocycles. The molecular weight excluding hydrogens is 414 g/mol. The summed E-state index contributed by atoms with van der Waals surface area (Å²) in [5.74, 6) is 0.679. The van der Waals surface area contributed by atoms with E-state index in [1.807, 2.05) is 29.2 Å². The van der Waals surface area contributed by atoms with E-state index in [1.54, 1.807) is 24.7 Å². The molecule has 33 heavy (non-hydrogen) atoms. The first-order valence-corrected chi connectivity index (χ1v) is 12.1. The van der Waals surface area contributed by atoms with Crippen LogP contribution in [0.4, 0.5) is 5.69 Å². The highest BCUT2D eigenvalue weighted by atomic mass is 16.2. The number of rotatable bonds is 9. The Morgan fingerprint density at radius 1 is 1.27 bits per heavy atom. The fourth-order valence-electron chi connectivity index (χ4n) is 4.40. The van der Waals surface area contributed by atoms with Crippen LogP contribution in [-0.4, -0.2) is 59.0 Å². The second-order valence-electron chi connectivity index (χ2n) is 9.48. The smallest absolute Gasteiger partial charge is 0.271 e. The van der Waals surface area contributed by atoms with E-state index >= 15 is 0 Å². The molecule has 2 aliphatic rings. The Hall–Kier alpha value is -2.93. The molecule has 2 aromatic rings. The molecule has 1 saturated heterocycles. The molecule has 2 N–H and O–H groups in total. The first kappa shape index (κ1) is 23.2. The van der Waals surface area contributed by atoms with Gasteiger partial charge in [0.2, 0.25) is 5.91 Å². The summed E-state index contributed by atoms with van der Waals surface area (Å²) in [6.45, 7) is 7.14. The largest absolute Gasteiger partial charge is 0.362 e. The lowest BCUT2D eigenvalue weighted by Gasteiger charge is -2.40. The number of H-pyrrole nitrogens is 1. The number of nitrogens with one attached hydrogen (secondary N) is 2. The lowest BCUT2D eigenvalue weighted by atomic mass is 10.0. The van der Waals surface area contributed by atoms with Gasteiger partial charge in [0.15, 0.2) is 0 Å². The van der Waals surface area contributed by atoms with E-state index in [0.717, 1.165) is 37.1 Å². The van der Waals surface area contributed by atoms with Crippen LogP contribution in [0.15, 0.2) is 53.7 Å². The van der Waals surface area contributed by atoms with Crippen LogP contribution in [0, 0.1) is 5.92 Å². The third-order valence-electron chi connectivity index (χ3n) is 6.41. The molecule has 1 unspecified atom stereocenters. The highest BCUT2D eigenvalue weighted by Crippen LogP contribution is 2.33. The molecule has 7 nitrogen and oxygen atoms in total. The average molecular weight is 450 g/mol. The second-order valence-corrected chi connectivity index (χ2v) is 9.48. The van der Waals surface area contributed by atoms with Crippen LogP contribution in [-0.2, 0) is 4.79 Å². The first-order chi connectivity index (χ1) is 16.0. The van der Waals surface area contributed by atoms with Crippen molar-refractivity contribution in [3.63, 3.8) is 0 Å². The minimum Gasteiger partial charge on any atom is -0.362 e. The Labute approximate surface area is 195 Å². The van der Waals surface area contributed by atoms with E-state index in [-0.39, 0.29) is 17.5 Å². The Kier molecular flexibility index (Phi) is 7.60. The van der Waals surface area contributed by atoms with Crippen LogP contribution in [0.2, 0.25) is 0 Å². The van der Waals surface area contributed by atoms with Crippen LogP contribution in [0.25, 0.3) is 11.1 Å². The number of piperidine rings is 1. The van der Waals surface area contributed by atoms with Gasteiger partial charge < -0.3 is 20.1 Å². The number of carbonyl (C=O) groups is 1. The van der Waals surface area contributed by atoms with E-state index in [9.17, 15) is 9.59 Å². The number of likely N-dealkylation sites (tertiary alicyclic amines) is 1. The van der Waals surface area contributed by atoms with Crippen molar-refractivity contribution < 1.29 is 4.79 Å². The molecule has 0 bridgehead atoms. The Morgan fingerprint density at radius 3 is 2.79 bits per heavy atom. The summed E-state index contributed by atoms with van der Waals surface area (Å²) < 4.78 is 0. The Bertz CT molecular complexity index is 1010. The molecule has 2 aromatic heterocycles. The predicted molar refractivity (Wildman–Crippen MR) is 132 cm³/mol. The number of hydrogen-bond acceptors (Lipinski definition) is 5. The van der Waals surface area contributed by atoms with Gasteiger partial charge in [-0.25, -0.2) is 0 Å². The van der Waals surface area contributed by atoms with Crippen molar-refractivity contribution in [2.24, 2.45) is 5.92 Å². The second kappa shape index (κ2) is 10.8. The molecule has 2 fully saturated rings. The highest BCUT2D eigenvalue weighted by molar-refractivity contribution is 5.87. The standard InChI is InChI=1S/C26H35N5O2/c1-19(2)28-11-3-6-25(32)30-14-4-5-23(18-30)31(17-20-7-8-20)24-15-22(16-29-26(24)33)21-9-12-27-13-10-21/h3,6,9-10,12-13,15-16,19-20,23,28H,4-5,7-8,11,14,17-18H2,1-2H3,(H,29,33)/b6-3+. The molecule has 0 spiro atoms. The normalized spacial score (nSPS) is 18.8. The zero-order valence-corrected chi connectivity index (χ0v) is 19.7. The number of amides is 1. The molecule has 1 aliphatic carbocycles. The predicted octanol–water partition coefficient (Wildman–Crippen LogP) is 3.20. The van der Waals surface area contributed by atoms with Gasteiger partial charge in [-0.15, -0.1) is 0 Å². The number of carbonyl (C=O) groups excluding carboxylic acids is 1. The minimum absolute atomic E-state index is 0.0519. The summed E-state index contributed by atoms with van der Waals surface area (Å²) >= 11 is 0. The Morgan fingerprint density at radius 2 is 2.06 bits per heavy atom. The van der Waals surface area contributed by atoms with Crippen molar-refractivity contribution in [2.75, 3.05) is 31.1 Å². The zero-order valence-electron chi connectivity index (χ0n) is 19.7. The van der Waals surface area contributed by atoms with Gasteiger partial charge in [-0.3, -0.25) is 14.6 Å². The third-order valence-corrected chi connectivity index (χ3v) is 6.41. The van der Waals surface area contributed by atoms with Gasteiger partial charge >= 0.3 is 0 Å². The summed E-state index contributed by atoms with van der Waals surface area (Å²) in [5, 5.41) is 3.30. The van der Waals surface area contributed by atoms with Crippen molar-refractivity contribution in [3.05, 3.63) is 59.3 Å². The number of hydrogen-bond donors (Lipinski definition) is 2. The zero-order chi connectivity index (χ0) is 23.2. The molecule has 3 heterocycles. The van der Waals surface area contributed by atoms with E-state index in [1.165, 1.54) is 12.8 Å². The van der Waals surface area contributed by atoms with Gasteiger partial charge in [-0.1, -0.05) is 19.9 Å². The van der Waals surface area contributed by atoms with E-state index in [2.05, 4.69) is 34.0 Å². The van der Waals surface area contributed by atoms with Gasteiger partial charge in [-0.05, 0) is 55.4 Å². The third kappa shape index (κ3) is 6.32. The summed E-state index contributed by atoms with van der Waals surface area (Å²) in [5.41, 5.74) is 2.62. The van der Waals surface area contributed by atoms with Gasteiger partial charge in [0.05, 0.1) is 0 Å². The van der Waals surface area contributed by atoms with Crippen LogP contribution in [0.5, 0.6) is 0 Å². The van der Waals surface area contributed by atoms with Crippen LogP contribution in [0.3, 0.4) is 0 Å². The van der Waals surface area contributed by atoms with Crippen LogP contribution >= 0.6 is 0 Å². The van der Waals surface area contributed by atoms with Crippen molar-refractivity contribution in [1.29, 1.82) is 0 Å². The molecule has 1 aliphatic heterocycles. The number of pyridine rings is 2. The topological polar surface area (TPSA) is 81.3 Å². The quantitative estimate of drug-likeness (QED) is 0.575. The molecule has 1 atom stereocenters. The maximum Gasteiger partial charge on any atom is 0.271 e. The molecular formula is C26H35N5O2. The number of nitrogens with zero attached hydrogens (tertiary/aromatic N) is 3. The van der Waals surface area contributed by atoms with Crippen LogP contribution in [0.1, 0.15) is 39.5 Å². The van der Waals surface area contributed by atoms with Gasteiger partial charge in [-0.2, -0.15) is 0 Å². The molecule has 1 amide bonds. The molecule has 4 rings (SSSR count). The van der Waals surface area contributed by atoms with Gasteiger partial charge in [0, 0.05) is 68.5 Å². The maximum atomic E-state index is 12.9. The number of aromatic amines is 1. The number of anilines is 1. The lowest BCUT2D eigenvalue weighted by molar-refractivity contribution is -0.127. The van der Waals surface area contributed by atoms with E-state index in [4.69, 9.17) is 0 Å².